The van der Waals surface area contributed by atoms with Crippen LogP contribution in [0.5, 0.6) is 0 Å². The topological polar surface area (TPSA) is 190 Å². The number of rotatable bonds is 19. The summed E-state index contributed by atoms with van der Waals surface area (Å²) in [5.41, 5.74) is 5.09. The zero-order valence-corrected chi connectivity index (χ0v) is 30.7. The fraction of sp³-hybridized carbons (Fsp3) is 0.929. The molecule has 2 fully saturated rings. The van der Waals surface area contributed by atoms with E-state index in [0.717, 1.165) is 83.7 Å². The molecule has 45 heavy (non-hydrogen) atoms. The molecule has 2 rings (SSSR count). The van der Waals surface area contributed by atoms with Crippen LogP contribution in [0, 0.1) is 0 Å². The van der Waals surface area contributed by atoms with E-state index in [2.05, 4.69) is 23.0 Å². The predicted octanol–water partition coefficient (Wildman–Crippen LogP) is 3.80. The van der Waals surface area contributed by atoms with Crippen LogP contribution in [-0.4, -0.2) is 112 Å². The highest BCUT2D eigenvalue weighted by atomic mass is 31.2. The first-order valence-electron chi connectivity index (χ1n) is 15.9. The number of hydrogen-bond acceptors (Lipinski definition) is 12. The fourth-order valence-electron chi connectivity index (χ4n) is 3.60. The molecule has 15 nitrogen and oxygen atoms in total. The minimum absolute atomic E-state index is 0. The van der Waals surface area contributed by atoms with Gasteiger partial charge in [-0.2, -0.15) is 0 Å². The standard InChI is InChI=1S/2C8H19O4P.C6H13N3O.C6H12N2O/c2*1-3-5-7-11-13(9,10)12-8-6-4-2;1-8(2)5-3-4-9(5)6(7)10;1-7(2)6-3-4-8(6)5-9/h2*3-8H2,1-2H3,(H,9,10);5H,3-4H2,1-2H3,(H2,7,10);5-6H,3-4H2,1-2H3. The molecule has 0 spiro atoms. The quantitative estimate of drug-likeness (QED) is 0.117. The molecular formula is C28H63N5O10P2. The van der Waals surface area contributed by atoms with Gasteiger partial charge in [-0.3, -0.25) is 23.7 Å². The van der Waals surface area contributed by atoms with E-state index in [1.54, 1.807) is 9.80 Å². The molecule has 2 aliphatic rings. The molecule has 0 bridgehead atoms. The van der Waals surface area contributed by atoms with Gasteiger partial charge in [-0.1, -0.05) is 53.4 Å². The molecule has 0 aromatic carbocycles. The van der Waals surface area contributed by atoms with Gasteiger partial charge in [-0.15, -0.1) is 0 Å². The first-order chi connectivity index (χ1) is 21.1. The lowest BCUT2D eigenvalue weighted by Crippen LogP contribution is -2.59. The number of phosphoric acid groups is 2. The zero-order chi connectivity index (χ0) is 34.9. The van der Waals surface area contributed by atoms with E-state index in [1.807, 2.05) is 60.8 Å². The molecule has 2 aliphatic heterocycles. The molecule has 0 radical (unpaired) electrons. The Morgan fingerprint density at radius 3 is 1.22 bits per heavy atom. The van der Waals surface area contributed by atoms with E-state index in [0.29, 0.717) is 6.17 Å². The lowest BCUT2D eigenvalue weighted by molar-refractivity contribution is -0.227. The van der Waals surface area contributed by atoms with Crippen molar-refractivity contribution in [2.45, 2.75) is 104 Å². The van der Waals surface area contributed by atoms with Crippen LogP contribution in [0.3, 0.4) is 0 Å². The largest absolute Gasteiger partial charge is 1.00 e. The van der Waals surface area contributed by atoms with Gasteiger partial charge < -0.3 is 43.4 Å². The van der Waals surface area contributed by atoms with Gasteiger partial charge in [-0.25, -0.2) is 4.79 Å². The predicted molar refractivity (Wildman–Crippen MR) is 174 cm³/mol. The fourth-order valence-corrected chi connectivity index (χ4v) is 5.16. The Bertz CT molecular complexity index is 804. The Morgan fingerprint density at radius 2 is 1.09 bits per heavy atom. The highest BCUT2D eigenvalue weighted by Gasteiger charge is 2.31. The Balaban J connectivity index is -0.000000261. The number of carbonyl (C=O) groups is 2. The summed E-state index contributed by atoms with van der Waals surface area (Å²) in [5.74, 6) is 0. The third-order valence-corrected chi connectivity index (χ3v) is 8.61. The van der Waals surface area contributed by atoms with E-state index < -0.39 is 15.6 Å². The second kappa shape index (κ2) is 26.9. The molecule has 2 N–H and O–H groups in total. The summed E-state index contributed by atoms with van der Waals surface area (Å²) in [4.78, 5) is 50.2. The number of likely N-dealkylation sites (tertiary alicyclic amines) is 2. The summed E-state index contributed by atoms with van der Waals surface area (Å²) in [5, 5.41) is 0. The molecule has 0 aromatic heterocycles. The highest BCUT2D eigenvalue weighted by molar-refractivity contribution is 7.46. The highest BCUT2D eigenvalue weighted by Crippen LogP contribution is 2.39. The van der Waals surface area contributed by atoms with Crippen LogP contribution < -0.4 is 15.5 Å². The monoisotopic (exact) mass is 691 g/mol. The van der Waals surface area contributed by atoms with Gasteiger partial charge >= 0.3 is 8.88 Å². The first kappa shape index (κ1) is 46.0. The van der Waals surface area contributed by atoms with Gasteiger partial charge in [0.05, 0.1) is 38.8 Å². The van der Waals surface area contributed by atoms with Crippen molar-refractivity contribution < 1.29 is 49.5 Å². The number of primary amides is 1. The van der Waals surface area contributed by atoms with Crippen molar-refractivity contribution in [3.05, 3.63) is 0 Å². The average molecular weight is 692 g/mol. The number of nitrogens with zero attached hydrogens (tertiary/aromatic N) is 4. The van der Waals surface area contributed by atoms with E-state index in [1.165, 1.54) is 0 Å². The van der Waals surface area contributed by atoms with E-state index in [-0.39, 0.29) is 41.5 Å². The van der Waals surface area contributed by atoms with Gasteiger partial charge in [0.2, 0.25) is 6.41 Å². The van der Waals surface area contributed by atoms with Crippen LogP contribution in [0.15, 0.2) is 0 Å². The van der Waals surface area contributed by atoms with Crippen molar-refractivity contribution >= 4 is 28.1 Å². The van der Waals surface area contributed by atoms with Crippen LogP contribution in [-0.2, 0) is 32.0 Å². The Morgan fingerprint density at radius 1 is 0.756 bits per heavy atom. The third-order valence-electron chi connectivity index (χ3n) is 6.62. The van der Waals surface area contributed by atoms with Crippen molar-refractivity contribution in [2.75, 3.05) is 67.7 Å². The minimum Gasteiger partial charge on any atom is -0.756 e. The van der Waals surface area contributed by atoms with Crippen LogP contribution >= 0.6 is 15.6 Å². The molecule has 270 valence electrons. The van der Waals surface area contributed by atoms with Crippen LogP contribution in [0.4, 0.5) is 4.79 Å². The molecule has 17 heteroatoms. The normalized spacial score (nSPS) is 17.6. The molecule has 0 saturated carbocycles. The van der Waals surface area contributed by atoms with Crippen molar-refractivity contribution in [1.82, 2.24) is 19.6 Å². The first-order valence-corrected chi connectivity index (χ1v) is 18.8. The van der Waals surface area contributed by atoms with Gasteiger partial charge in [0.15, 0.2) is 0 Å². The molecule has 2 atom stereocenters. The molecule has 2 unspecified atom stereocenters. The lowest BCUT2D eigenvalue weighted by Gasteiger charge is -2.43. The average Bonchev–Trinajstić information content (AvgIpc) is 2.88. The summed E-state index contributed by atoms with van der Waals surface area (Å²) in [6.07, 6.45) is 10.3. The van der Waals surface area contributed by atoms with Crippen LogP contribution in [0.1, 0.15) is 94.8 Å². The number of unbranched alkanes of at least 4 members (excludes halogenated alkanes) is 4. The smallest absolute Gasteiger partial charge is 0.756 e. The maximum atomic E-state index is 11.0. The van der Waals surface area contributed by atoms with E-state index in [9.17, 15) is 28.5 Å². The Labute approximate surface area is 274 Å². The molecule has 0 aliphatic carbocycles. The lowest BCUT2D eigenvalue weighted by atomic mass is 10.1. The van der Waals surface area contributed by atoms with Gasteiger partial charge in [0.1, 0.15) is 0 Å². The van der Waals surface area contributed by atoms with Gasteiger partial charge in [0.25, 0.3) is 15.6 Å². The maximum absolute atomic E-state index is 11.0. The molecule has 2 saturated heterocycles. The molecule has 2 heterocycles. The van der Waals surface area contributed by atoms with Crippen molar-refractivity contribution in [3.63, 3.8) is 0 Å². The minimum atomic E-state index is -4.00. The number of nitrogens with two attached hydrogens (primary N) is 1. The summed E-state index contributed by atoms with van der Waals surface area (Å²) in [6.45, 7) is 10.5. The van der Waals surface area contributed by atoms with Gasteiger partial charge in [-0.05, 0) is 66.7 Å². The maximum Gasteiger partial charge on any atom is 1.00 e. The molecule has 0 aromatic rings. The van der Waals surface area contributed by atoms with Gasteiger partial charge in [0, 0.05) is 13.1 Å². The SMILES string of the molecule is CCCCOP(=O)([O-])OCCCC.CCCCOP(=O)([O-])OCCCC.CN(C)C1CCN1C(N)=O.CN(C)C1CCN1C=O.[H+].[H+]. The summed E-state index contributed by atoms with van der Waals surface area (Å²) in [7, 11) is -0.143. The second-order valence-corrected chi connectivity index (χ2v) is 13.8. The van der Waals surface area contributed by atoms with Crippen molar-refractivity contribution in [3.8, 4) is 0 Å². The van der Waals surface area contributed by atoms with Crippen LogP contribution in [0.2, 0.25) is 0 Å². The summed E-state index contributed by atoms with van der Waals surface area (Å²) >= 11 is 0. The number of phosphoric ester groups is 2. The van der Waals surface area contributed by atoms with Crippen molar-refractivity contribution in [1.29, 1.82) is 0 Å². The summed E-state index contributed by atoms with van der Waals surface area (Å²) < 4.78 is 40.3. The Hall–Kier alpha value is -1.12. The molecule has 3 amide bonds. The van der Waals surface area contributed by atoms with E-state index in [4.69, 9.17) is 5.73 Å². The molecular weight excluding hydrogens is 628 g/mol. The number of carbonyl (C=O) groups excluding carboxylic acids is 2. The van der Waals surface area contributed by atoms with Crippen LogP contribution in [0.25, 0.3) is 0 Å². The third kappa shape index (κ3) is 23.8. The Kier molecular flexibility index (Phi) is 27.5. The number of urea groups is 1. The number of hydrogen-bond donors (Lipinski definition) is 1. The zero-order valence-electron chi connectivity index (χ0n) is 30.9. The second-order valence-electron chi connectivity index (χ2n) is 11.0. The van der Waals surface area contributed by atoms with E-state index >= 15 is 0 Å². The van der Waals surface area contributed by atoms with Crippen molar-refractivity contribution in [2.24, 2.45) is 5.73 Å². The number of amides is 3. The summed E-state index contributed by atoms with van der Waals surface area (Å²) in [6, 6.07) is -0.315.